The summed E-state index contributed by atoms with van der Waals surface area (Å²) in [5, 5.41) is 3.56. The highest BCUT2D eigenvalue weighted by molar-refractivity contribution is 4.89. The lowest BCUT2D eigenvalue weighted by Crippen LogP contribution is -2.34. The molecule has 0 aromatic heterocycles. The van der Waals surface area contributed by atoms with E-state index in [0.29, 0.717) is 12.1 Å². The first-order valence-corrected chi connectivity index (χ1v) is 6.71. The predicted molar refractivity (Wildman–Crippen MR) is 69.7 cm³/mol. The van der Waals surface area contributed by atoms with E-state index in [0.717, 1.165) is 19.6 Å². The summed E-state index contributed by atoms with van der Waals surface area (Å²) in [5.74, 6) is 0. The molecule has 1 aliphatic heterocycles. The van der Waals surface area contributed by atoms with Gasteiger partial charge in [0.1, 0.15) is 0 Å². The van der Waals surface area contributed by atoms with Crippen molar-refractivity contribution in [1.29, 1.82) is 0 Å². The summed E-state index contributed by atoms with van der Waals surface area (Å²) in [6, 6.07) is 0.602. The lowest BCUT2D eigenvalue weighted by molar-refractivity contribution is 0.00484. The summed E-state index contributed by atoms with van der Waals surface area (Å²) in [6.07, 6.45) is 7.81. The van der Waals surface area contributed by atoms with E-state index >= 15 is 0 Å². The Balaban J connectivity index is 2.27. The van der Waals surface area contributed by atoms with E-state index in [4.69, 9.17) is 4.74 Å². The minimum atomic E-state index is 0.489. The van der Waals surface area contributed by atoms with Crippen molar-refractivity contribution in [2.45, 2.75) is 64.5 Å². The molecule has 2 atom stereocenters. The smallest absolute Gasteiger partial charge is 0.0590 e. The van der Waals surface area contributed by atoms with E-state index in [1.165, 1.54) is 37.7 Å². The molecule has 2 heteroatoms. The maximum atomic E-state index is 5.80. The number of hydrogen-bond donors (Lipinski definition) is 1. The summed E-state index contributed by atoms with van der Waals surface area (Å²) in [5.41, 5.74) is 1.28. The van der Waals surface area contributed by atoms with Crippen LogP contribution >= 0.6 is 0 Å². The van der Waals surface area contributed by atoms with Crippen LogP contribution in [0.3, 0.4) is 0 Å². The Kier molecular flexibility index (Phi) is 6.74. The zero-order valence-corrected chi connectivity index (χ0v) is 10.9. The second-order valence-electron chi connectivity index (χ2n) is 4.97. The van der Waals surface area contributed by atoms with Crippen LogP contribution in [-0.4, -0.2) is 25.3 Å². The topological polar surface area (TPSA) is 21.3 Å². The fourth-order valence-electron chi connectivity index (χ4n) is 2.32. The van der Waals surface area contributed by atoms with Crippen molar-refractivity contribution in [3.8, 4) is 0 Å². The van der Waals surface area contributed by atoms with Gasteiger partial charge in [-0.15, -0.1) is 6.58 Å². The Morgan fingerprint density at radius 2 is 2.31 bits per heavy atom. The maximum Gasteiger partial charge on any atom is 0.0590 e. The molecular formula is C14H27NO. The molecule has 0 bridgehead atoms. The standard InChI is InChI=1S/C14H27NO/c1-4-15-13(9-8-12(2)3)11-14-7-5-6-10-16-14/h13-15H,2,4-11H2,1,3H3. The number of hydrogen-bond acceptors (Lipinski definition) is 2. The Hall–Kier alpha value is -0.340. The van der Waals surface area contributed by atoms with Gasteiger partial charge in [-0.1, -0.05) is 12.5 Å². The SMILES string of the molecule is C=C(C)CCC(CC1CCCCO1)NCC. The molecule has 0 aromatic rings. The molecule has 0 saturated carbocycles. The largest absolute Gasteiger partial charge is 0.378 e. The van der Waals surface area contributed by atoms with Gasteiger partial charge >= 0.3 is 0 Å². The molecular weight excluding hydrogens is 198 g/mol. The van der Waals surface area contributed by atoms with Crippen LogP contribution in [0.15, 0.2) is 12.2 Å². The number of ether oxygens (including phenoxy) is 1. The van der Waals surface area contributed by atoms with E-state index < -0.39 is 0 Å². The average Bonchev–Trinajstić information content (AvgIpc) is 2.27. The zero-order chi connectivity index (χ0) is 11.8. The molecule has 0 radical (unpaired) electrons. The molecule has 0 aromatic carbocycles. The first-order valence-electron chi connectivity index (χ1n) is 6.71. The van der Waals surface area contributed by atoms with E-state index in [1.807, 2.05) is 0 Å². The fraction of sp³-hybridized carbons (Fsp3) is 0.857. The molecule has 2 unspecified atom stereocenters. The average molecular weight is 225 g/mol. The number of allylic oxidation sites excluding steroid dienone is 1. The molecule has 1 saturated heterocycles. The van der Waals surface area contributed by atoms with Crippen molar-refractivity contribution in [2.24, 2.45) is 0 Å². The van der Waals surface area contributed by atoms with Gasteiger partial charge in [0.25, 0.3) is 0 Å². The third-order valence-corrected chi connectivity index (χ3v) is 3.23. The quantitative estimate of drug-likeness (QED) is 0.671. The molecule has 0 amide bonds. The highest BCUT2D eigenvalue weighted by atomic mass is 16.5. The van der Waals surface area contributed by atoms with Gasteiger partial charge in [-0.25, -0.2) is 0 Å². The Morgan fingerprint density at radius 3 is 2.88 bits per heavy atom. The van der Waals surface area contributed by atoms with Gasteiger partial charge in [0.2, 0.25) is 0 Å². The molecule has 1 aliphatic rings. The van der Waals surface area contributed by atoms with Crippen LogP contribution in [0.1, 0.15) is 52.4 Å². The van der Waals surface area contributed by atoms with Crippen LogP contribution in [0.25, 0.3) is 0 Å². The Bertz CT molecular complexity index is 197. The van der Waals surface area contributed by atoms with Crippen molar-refractivity contribution in [2.75, 3.05) is 13.2 Å². The lowest BCUT2D eigenvalue weighted by Gasteiger charge is -2.27. The summed E-state index contributed by atoms with van der Waals surface area (Å²) in [7, 11) is 0. The molecule has 1 N–H and O–H groups in total. The van der Waals surface area contributed by atoms with Crippen molar-refractivity contribution in [1.82, 2.24) is 5.32 Å². The van der Waals surface area contributed by atoms with Gasteiger partial charge < -0.3 is 10.1 Å². The minimum Gasteiger partial charge on any atom is -0.378 e. The molecule has 94 valence electrons. The first-order chi connectivity index (χ1) is 7.72. The first kappa shape index (κ1) is 13.7. The number of rotatable bonds is 7. The van der Waals surface area contributed by atoms with Crippen molar-refractivity contribution in [3.05, 3.63) is 12.2 Å². The summed E-state index contributed by atoms with van der Waals surface area (Å²) in [6.45, 7) is 10.3. The molecule has 0 spiro atoms. The van der Waals surface area contributed by atoms with Crippen molar-refractivity contribution in [3.63, 3.8) is 0 Å². The zero-order valence-electron chi connectivity index (χ0n) is 10.9. The van der Waals surface area contributed by atoms with Crippen molar-refractivity contribution >= 4 is 0 Å². The molecule has 2 nitrogen and oxygen atoms in total. The summed E-state index contributed by atoms with van der Waals surface area (Å²) in [4.78, 5) is 0. The third-order valence-electron chi connectivity index (χ3n) is 3.23. The normalized spacial score (nSPS) is 23.0. The van der Waals surface area contributed by atoms with Crippen LogP contribution in [0.2, 0.25) is 0 Å². The molecule has 0 aliphatic carbocycles. The highest BCUT2D eigenvalue weighted by Gasteiger charge is 2.18. The summed E-state index contributed by atoms with van der Waals surface area (Å²) >= 11 is 0. The molecule has 1 heterocycles. The van der Waals surface area contributed by atoms with Crippen LogP contribution in [-0.2, 0) is 4.74 Å². The van der Waals surface area contributed by atoms with E-state index in [-0.39, 0.29) is 0 Å². The van der Waals surface area contributed by atoms with E-state index in [2.05, 4.69) is 25.7 Å². The van der Waals surface area contributed by atoms with E-state index in [1.54, 1.807) is 0 Å². The van der Waals surface area contributed by atoms with Gasteiger partial charge in [0, 0.05) is 12.6 Å². The van der Waals surface area contributed by atoms with Crippen molar-refractivity contribution < 1.29 is 4.74 Å². The monoisotopic (exact) mass is 225 g/mol. The van der Waals surface area contributed by atoms with E-state index in [9.17, 15) is 0 Å². The molecule has 1 rings (SSSR count). The predicted octanol–water partition coefficient (Wildman–Crippen LogP) is 3.28. The van der Waals surface area contributed by atoms with Crippen LogP contribution < -0.4 is 5.32 Å². The van der Waals surface area contributed by atoms with Gasteiger partial charge in [0.15, 0.2) is 0 Å². The second-order valence-corrected chi connectivity index (χ2v) is 4.97. The van der Waals surface area contributed by atoms with Gasteiger partial charge in [0.05, 0.1) is 6.10 Å². The highest BCUT2D eigenvalue weighted by Crippen LogP contribution is 2.19. The van der Waals surface area contributed by atoms with Gasteiger partial charge in [-0.3, -0.25) is 0 Å². The molecule has 16 heavy (non-hydrogen) atoms. The Labute approximate surface area is 100 Å². The second kappa shape index (κ2) is 7.86. The minimum absolute atomic E-state index is 0.489. The lowest BCUT2D eigenvalue weighted by atomic mass is 9.97. The van der Waals surface area contributed by atoms with Gasteiger partial charge in [-0.2, -0.15) is 0 Å². The fourth-order valence-corrected chi connectivity index (χ4v) is 2.32. The molecule has 1 fully saturated rings. The van der Waals surface area contributed by atoms with Crippen LogP contribution in [0, 0.1) is 0 Å². The third kappa shape index (κ3) is 5.66. The maximum absolute atomic E-state index is 5.80. The van der Waals surface area contributed by atoms with Crippen LogP contribution in [0.4, 0.5) is 0 Å². The number of nitrogens with one attached hydrogen (secondary N) is 1. The van der Waals surface area contributed by atoms with Gasteiger partial charge in [-0.05, 0) is 52.0 Å². The Morgan fingerprint density at radius 1 is 1.50 bits per heavy atom. The van der Waals surface area contributed by atoms with Crippen LogP contribution in [0.5, 0.6) is 0 Å². The summed E-state index contributed by atoms with van der Waals surface area (Å²) < 4.78 is 5.80.